The van der Waals surface area contributed by atoms with Gasteiger partial charge in [0.1, 0.15) is 5.75 Å². The lowest BCUT2D eigenvalue weighted by Crippen LogP contribution is -2.55. The van der Waals surface area contributed by atoms with Crippen molar-refractivity contribution >= 4 is 11.6 Å². The average Bonchev–Trinajstić information content (AvgIpc) is 2.16. The fraction of sp³-hybridized carbons (Fsp3) is 0.455. The number of hydrogen-bond donors (Lipinski definition) is 1. The predicted molar refractivity (Wildman–Crippen MR) is 58.1 cm³/mol. The third-order valence-corrected chi connectivity index (χ3v) is 3.08. The summed E-state index contributed by atoms with van der Waals surface area (Å²) in [6, 6.07) is 3.83. The molecule has 2 rings (SSSR count). The van der Waals surface area contributed by atoms with Crippen molar-refractivity contribution in [3.8, 4) is 5.75 Å². The molecule has 7 heteroatoms. The monoisotopic (exact) mass is 283 g/mol. The van der Waals surface area contributed by atoms with E-state index in [0.29, 0.717) is 0 Å². The van der Waals surface area contributed by atoms with E-state index in [9.17, 15) is 17.6 Å². The van der Waals surface area contributed by atoms with Gasteiger partial charge in [-0.25, -0.2) is 8.78 Å². The average molecular weight is 284 g/mol. The molecule has 0 radical (unpaired) electrons. The number of ether oxygens (including phenoxy) is 1. The Morgan fingerprint density at radius 1 is 1.28 bits per heavy atom. The Hall–Kier alpha value is -1.01. The highest BCUT2D eigenvalue weighted by atomic mass is 35.5. The van der Waals surface area contributed by atoms with Crippen LogP contribution in [0.1, 0.15) is 18.4 Å². The molecule has 1 aromatic carbocycles. The summed E-state index contributed by atoms with van der Waals surface area (Å²) in [7, 11) is 0. The van der Waals surface area contributed by atoms with Crippen LogP contribution in [0, 0.1) is 0 Å². The number of benzene rings is 1. The van der Waals surface area contributed by atoms with E-state index in [4.69, 9.17) is 17.3 Å². The van der Waals surface area contributed by atoms with Gasteiger partial charge in [0, 0.05) is 23.4 Å². The Kier molecular flexibility index (Phi) is 3.19. The maximum Gasteiger partial charge on any atom is 0.387 e. The summed E-state index contributed by atoms with van der Waals surface area (Å²) in [6.45, 7) is -3.05. The number of rotatable bonds is 3. The van der Waals surface area contributed by atoms with Gasteiger partial charge in [-0.3, -0.25) is 0 Å². The van der Waals surface area contributed by atoms with Gasteiger partial charge in [0.15, 0.2) is 0 Å². The van der Waals surface area contributed by atoms with Crippen molar-refractivity contribution in [1.29, 1.82) is 0 Å². The maximum absolute atomic E-state index is 12.9. The van der Waals surface area contributed by atoms with Crippen LogP contribution in [-0.4, -0.2) is 12.5 Å². The molecule has 0 atom stereocenters. The second-order valence-electron chi connectivity index (χ2n) is 4.38. The van der Waals surface area contributed by atoms with Crippen molar-refractivity contribution in [2.75, 3.05) is 0 Å². The molecule has 0 bridgehead atoms. The van der Waals surface area contributed by atoms with E-state index in [0.717, 1.165) is 0 Å². The first-order chi connectivity index (χ1) is 8.22. The van der Waals surface area contributed by atoms with Crippen LogP contribution in [0.5, 0.6) is 5.75 Å². The van der Waals surface area contributed by atoms with Crippen molar-refractivity contribution < 1.29 is 22.3 Å². The van der Waals surface area contributed by atoms with Gasteiger partial charge >= 0.3 is 6.61 Å². The molecule has 0 spiro atoms. The molecular weight excluding hydrogens is 274 g/mol. The molecule has 1 aliphatic carbocycles. The first-order valence-corrected chi connectivity index (χ1v) is 5.51. The summed E-state index contributed by atoms with van der Waals surface area (Å²) in [4.78, 5) is 0. The maximum atomic E-state index is 12.9. The van der Waals surface area contributed by atoms with Crippen LogP contribution in [0.2, 0.25) is 5.02 Å². The van der Waals surface area contributed by atoms with E-state index in [2.05, 4.69) is 4.74 Å². The smallest absolute Gasteiger partial charge is 0.387 e. The van der Waals surface area contributed by atoms with Gasteiger partial charge in [-0.1, -0.05) is 11.6 Å². The van der Waals surface area contributed by atoms with Gasteiger partial charge < -0.3 is 10.5 Å². The summed E-state index contributed by atoms with van der Waals surface area (Å²) in [5.41, 5.74) is 4.49. The second-order valence-corrected chi connectivity index (χ2v) is 4.82. The summed E-state index contributed by atoms with van der Waals surface area (Å²) < 4.78 is 54.5. The van der Waals surface area contributed by atoms with Crippen molar-refractivity contribution in [1.82, 2.24) is 0 Å². The highest BCUT2D eigenvalue weighted by Gasteiger charge is 2.56. The largest absolute Gasteiger partial charge is 0.434 e. The standard InChI is InChI=1S/C11H10ClF4NO/c12-6-1-2-8(18-9(13)14)7(3-6)10(17)4-11(15,16)5-10/h1-3,9H,4-5,17H2. The van der Waals surface area contributed by atoms with E-state index >= 15 is 0 Å². The molecule has 0 heterocycles. The molecule has 0 aromatic heterocycles. The predicted octanol–water partition coefficient (Wildman–Crippen LogP) is 3.52. The quantitative estimate of drug-likeness (QED) is 0.862. The molecule has 2 nitrogen and oxygen atoms in total. The zero-order valence-corrected chi connectivity index (χ0v) is 9.85. The van der Waals surface area contributed by atoms with Crippen LogP contribution in [-0.2, 0) is 5.54 Å². The van der Waals surface area contributed by atoms with Crippen LogP contribution >= 0.6 is 11.6 Å². The molecule has 1 fully saturated rings. The van der Waals surface area contributed by atoms with E-state index in [1.54, 1.807) is 0 Å². The lowest BCUT2D eigenvalue weighted by molar-refractivity contribution is -0.126. The lowest BCUT2D eigenvalue weighted by Gasteiger charge is -2.45. The molecule has 1 aliphatic rings. The summed E-state index contributed by atoms with van der Waals surface area (Å²) >= 11 is 5.73. The van der Waals surface area contributed by atoms with Crippen LogP contribution in [0.15, 0.2) is 18.2 Å². The fourth-order valence-electron chi connectivity index (χ4n) is 2.15. The number of alkyl halides is 4. The highest BCUT2D eigenvalue weighted by Crippen LogP contribution is 2.52. The molecule has 2 N–H and O–H groups in total. The number of nitrogens with two attached hydrogens (primary N) is 1. The first-order valence-electron chi connectivity index (χ1n) is 5.13. The van der Waals surface area contributed by atoms with Crippen molar-refractivity contribution in [3.05, 3.63) is 28.8 Å². The Balaban J connectivity index is 2.34. The SMILES string of the molecule is NC1(c2cc(Cl)ccc2OC(F)F)CC(F)(F)C1. The van der Waals surface area contributed by atoms with Gasteiger partial charge in [0.05, 0.1) is 5.54 Å². The Morgan fingerprint density at radius 3 is 2.39 bits per heavy atom. The minimum absolute atomic E-state index is 0.0845. The molecule has 1 saturated carbocycles. The minimum Gasteiger partial charge on any atom is -0.434 e. The van der Waals surface area contributed by atoms with Gasteiger partial charge in [0.2, 0.25) is 0 Å². The zero-order valence-electron chi connectivity index (χ0n) is 9.10. The minimum atomic E-state index is -3.05. The van der Waals surface area contributed by atoms with E-state index < -0.39 is 30.9 Å². The Morgan fingerprint density at radius 2 is 1.89 bits per heavy atom. The van der Waals surface area contributed by atoms with Gasteiger partial charge in [0.25, 0.3) is 5.92 Å². The third-order valence-electron chi connectivity index (χ3n) is 2.84. The van der Waals surface area contributed by atoms with Crippen molar-refractivity contribution in [2.45, 2.75) is 30.9 Å². The topological polar surface area (TPSA) is 35.2 Å². The third kappa shape index (κ3) is 2.54. The van der Waals surface area contributed by atoms with E-state index in [1.807, 2.05) is 0 Å². The number of hydrogen-bond acceptors (Lipinski definition) is 2. The van der Waals surface area contributed by atoms with Gasteiger partial charge in [-0.2, -0.15) is 8.78 Å². The van der Waals surface area contributed by atoms with Crippen molar-refractivity contribution in [3.63, 3.8) is 0 Å². The van der Waals surface area contributed by atoms with Crippen LogP contribution in [0.25, 0.3) is 0 Å². The summed E-state index contributed by atoms with van der Waals surface area (Å²) in [5, 5.41) is 0.228. The molecule has 0 amide bonds. The Bertz CT molecular complexity index is 458. The van der Waals surface area contributed by atoms with Crippen LogP contribution in [0.3, 0.4) is 0 Å². The molecule has 18 heavy (non-hydrogen) atoms. The fourth-order valence-corrected chi connectivity index (χ4v) is 2.32. The van der Waals surface area contributed by atoms with Crippen LogP contribution < -0.4 is 10.5 Å². The van der Waals surface area contributed by atoms with Crippen LogP contribution in [0.4, 0.5) is 17.6 Å². The van der Waals surface area contributed by atoms with Crippen molar-refractivity contribution in [2.24, 2.45) is 5.73 Å². The molecular formula is C11H10ClF4NO. The molecule has 100 valence electrons. The first kappa shape index (κ1) is 13.4. The second kappa shape index (κ2) is 4.28. The Labute approximate surface area is 106 Å². The molecule has 0 aliphatic heterocycles. The van der Waals surface area contributed by atoms with E-state index in [1.165, 1.54) is 18.2 Å². The molecule has 0 saturated heterocycles. The van der Waals surface area contributed by atoms with Gasteiger partial charge in [-0.05, 0) is 18.2 Å². The number of halogens is 5. The summed E-state index contributed by atoms with van der Waals surface area (Å²) in [6.07, 6.45) is -1.22. The zero-order chi connectivity index (χ0) is 13.6. The normalized spacial score (nSPS) is 20.6. The molecule has 0 unspecified atom stereocenters. The molecule has 1 aromatic rings. The van der Waals surface area contributed by atoms with Gasteiger partial charge in [-0.15, -0.1) is 0 Å². The van der Waals surface area contributed by atoms with E-state index in [-0.39, 0.29) is 16.3 Å². The highest BCUT2D eigenvalue weighted by molar-refractivity contribution is 6.30. The lowest BCUT2D eigenvalue weighted by atomic mass is 9.69. The summed E-state index contributed by atoms with van der Waals surface area (Å²) in [5.74, 6) is -3.09.